The maximum atomic E-state index is 12.7. The van der Waals surface area contributed by atoms with Crippen LogP contribution in [0, 0.1) is 13.8 Å². The van der Waals surface area contributed by atoms with E-state index in [1.165, 1.54) is 26.0 Å². The summed E-state index contributed by atoms with van der Waals surface area (Å²) in [7, 11) is 0. The number of ether oxygens (including phenoxy) is 1. The van der Waals surface area contributed by atoms with E-state index in [9.17, 15) is 14.4 Å². The molecule has 0 unspecified atom stereocenters. The fraction of sp³-hybridized carbons (Fsp3) is 0.238. The standard InChI is InChI=1S/C21H20ClN3O4/c1-11-18(13(3)26)12(2)23-19(11)20(28)14(4)29-17(27)9-8-15-21(22)24-16-7-5-6-10-25(15)16/h5-10,14,23H,1-4H3/b9-8+/t14-/m0/s1. The zero-order chi connectivity index (χ0) is 21.3. The van der Waals surface area contributed by atoms with Crippen LogP contribution in [0.5, 0.6) is 0 Å². The molecule has 0 radical (unpaired) electrons. The van der Waals surface area contributed by atoms with Crippen LogP contribution in [0.25, 0.3) is 11.7 Å². The lowest BCUT2D eigenvalue weighted by atomic mass is 10.0. The number of Topliss-reactive ketones (excluding diaryl/α,β-unsaturated/α-hetero) is 2. The van der Waals surface area contributed by atoms with Crippen LogP contribution in [-0.2, 0) is 9.53 Å². The summed E-state index contributed by atoms with van der Waals surface area (Å²) in [6.07, 6.45) is 3.43. The van der Waals surface area contributed by atoms with Gasteiger partial charge >= 0.3 is 5.97 Å². The maximum Gasteiger partial charge on any atom is 0.331 e. The number of pyridine rings is 1. The number of ketones is 2. The first-order valence-corrected chi connectivity index (χ1v) is 9.34. The summed E-state index contributed by atoms with van der Waals surface area (Å²) in [5, 5.41) is 0.249. The molecule has 0 spiro atoms. The molecule has 7 nitrogen and oxygen atoms in total. The van der Waals surface area contributed by atoms with Crippen LogP contribution in [0.15, 0.2) is 30.5 Å². The van der Waals surface area contributed by atoms with Gasteiger partial charge in [0.15, 0.2) is 17.0 Å². The molecule has 3 aromatic heterocycles. The Morgan fingerprint density at radius 1 is 1.28 bits per heavy atom. The van der Waals surface area contributed by atoms with Gasteiger partial charge in [-0.15, -0.1) is 0 Å². The smallest absolute Gasteiger partial charge is 0.331 e. The van der Waals surface area contributed by atoms with E-state index in [1.807, 2.05) is 12.1 Å². The number of hydrogen-bond acceptors (Lipinski definition) is 5. The third-order valence-corrected chi connectivity index (χ3v) is 4.88. The van der Waals surface area contributed by atoms with Crippen molar-refractivity contribution in [3.05, 3.63) is 63.8 Å². The third kappa shape index (κ3) is 4.00. The lowest BCUT2D eigenvalue weighted by Gasteiger charge is -2.10. The van der Waals surface area contributed by atoms with Crippen LogP contribution in [-0.4, -0.2) is 38.0 Å². The highest BCUT2D eigenvalue weighted by Gasteiger charge is 2.25. The molecule has 3 aromatic rings. The first-order chi connectivity index (χ1) is 13.7. The summed E-state index contributed by atoms with van der Waals surface area (Å²) in [4.78, 5) is 43.7. The number of aromatic amines is 1. The molecule has 0 aliphatic heterocycles. The number of halogens is 1. The average molecular weight is 414 g/mol. The van der Waals surface area contributed by atoms with Crippen molar-refractivity contribution in [1.29, 1.82) is 0 Å². The topological polar surface area (TPSA) is 93.5 Å². The summed E-state index contributed by atoms with van der Waals surface area (Å²) in [6, 6.07) is 5.44. The highest BCUT2D eigenvalue weighted by molar-refractivity contribution is 6.31. The largest absolute Gasteiger partial charge is 0.451 e. The molecular formula is C21H20ClN3O4. The second-order valence-electron chi connectivity index (χ2n) is 6.67. The summed E-state index contributed by atoms with van der Waals surface area (Å²) in [5.41, 5.74) is 3.08. The summed E-state index contributed by atoms with van der Waals surface area (Å²) in [6.45, 7) is 6.34. The molecule has 0 aromatic carbocycles. The normalized spacial score (nSPS) is 12.4. The number of aromatic nitrogens is 3. The van der Waals surface area contributed by atoms with Gasteiger partial charge in [-0.25, -0.2) is 9.78 Å². The molecule has 150 valence electrons. The highest BCUT2D eigenvalue weighted by Crippen LogP contribution is 2.21. The minimum absolute atomic E-state index is 0.132. The van der Waals surface area contributed by atoms with Gasteiger partial charge in [0.1, 0.15) is 5.65 Å². The van der Waals surface area contributed by atoms with E-state index < -0.39 is 17.9 Å². The number of rotatable bonds is 6. The third-order valence-electron chi connectivity index (χ3n) is 4.60. The van der Waals surface area contributed by atoms with E-state index in [-0.39, 0.29) is 16.6 Å². The van der Waals surface area contributed by atoms with Gasteiger partial charge in [-0.3, -0.25) is 14.0 Å². The maximum absolute atomic E-state index is 12.7. The Bertz CT molecular complexity index is 1160. The van der Waals surface area contributed by atoms with Gasteiger partial charge in [0.05, 0.1) is 11.4 Å². The van der Waals surface area contributed by atoms with Crippen molar-refractivity contribution in [3.63, 3.8) is 0 Å². The van der Waals surface area contributed by atoms with E-state index in [0.29, 0.717) is 28.2 Å². The SMILES string of the molecule is CC(=O)c1c(C)[nH]c(C(=O)[C@H](C)OC(=O)/C=C/c2c(Cl)nc3ccccn23)c1C. The van der Waals surface area contributed by atoms with E-state index in [2.05, 4.69) is 9.97 Å². The van der Waals surface area contributed by atoms with Gasteiger partial charge in [-0.2, -0.15) is 0 Å². The summed E-state index contributed by atoms with van der Waals surface area (Å²) in [5.74, 6) is -1.24. The lowest BCUT2D eigenvalue weighted by molar-refractivity contribution is -0.140. The number of imidazole rings is 1. The Balaban J connectivity index is 1.74. The Morgan fingerprint density at radius 3 is 2.66 bits per heavy atom. The van der Waals surface area contributed by atoms with Crippen LogP contribution in [0.2, 0.25) is 5.15 Å². The Labute approximate surface area is 172 Å². The second-order valence-corrected chi connectivity index (χ2v) is 7.03. The van der Waals surface area contributed by atoms with Crippen molar-refractivity contribution in [2.45, 2.75) is 33.8 Å². The molecule has 29 heavy (non-hydrogen) atoms. The highest BCUT2D eigenvalue weighted by atomic mass is 35.5. The Hall–Kier alpha value is -3.19. The molecule has 0 saturated carbocycles. The first kappa shape index (κ1) is 20.5. The van der Waals surface area contributed by atoms with Gasteiger partial charge in [0.2, 0.25) is 5.78 Å². The molecule has 0 amide bonds. The molecule has 0 aliphatic rings. The molecule has 0 bridgehead atoms. The molecule has 3 rings (SSSR count). The zero-order valence-electron chi connectivity index (χ0n) is 16.4. The van der Waals surface area contributed by atoms with Crippen LogP contribution in [0.1, 0.15) is 51.6 Å². The van der Waals surface area contributed by atoms with Crippen molar-refractivity contribution >= 4 is 40.9 Å². The minimum Gasteiger partial charge on any atom is -0.451 e. The van der Waals surface area contributed by atoms with Crippen LogP contribution in [0.3, 0.4) is 0 Å². The molecule has 8 heteroatoms. The number of carbonyl (C=O) groups is 3. The van der Waals surface area contributed by atoms with E-state index in [1.54, 1.807) is 30.5 Å². The number of nitrogens with one attached hydrogen (secondary N) is 1. The van der Waals surface area contributed by atoms with Crippen molar-refractivity contribution < 1.29 is 19.1 Å². The Kier molecular flexibility index (Phi) is 5.70. The van der Waals surface area contributed by atoms with E-state index >= 15 is 0 Å². The number of H-pyrrole nitrogens is 1. The van der Waals surface area contributed by atoms with E-state index in [0.717, 1.165) is 0 Å². The van der Waals surface area contributed by atoms with Crippen LogP contribution < -0.4 is 0 Å². The quantitative estimate of drug-likeness (QED) is 0.375. The fourth-order valence-electron chi connectivity index (χ4n) is 3.28. The number of carbonyl (C=O) groups excluding carboxylic acids is 3. The number of esters is 1. The van der Waals surface area contributed by atoms with Gasteiger partial charge < -0.3 is 9.72 Å². The summed E-state index contributed by atoms with van der Waals surface area (Å²) >= 11 is 6.13. The molecule has 1 N–H and O–H groups in total. The van der Waals surface area contributed by atoms with Crippen molar-refractivity contribution in [1.82, 2.24) is 14.4 Å². The fourth-order valence-corrected chi connectivity index (χ4v) is 3.52. The number of hydrogen-bond donors (Lipinski definition) is 1. The first-order valence-electron chi connectivity index (χ1n) is 8.96. The zero-order valence-corrected chi connectivity index (χ0v) is 17.2. The second kappa shape index (κ2) is 8.05. The van der Waals surface area contributed by atoms with E-state index in [4.69, 9.17) is 16.3 Å². The van der Waals surface area contributed by atoms with Gasteiger partial charge in [-0.05, 0) is 51.5 Å². The summed E-state index contributed by atoms with van der Waals surface area (Å²) < 4.78 is 6.96. The molecule has 1 atom stereocenters. The van der Waals surface area contributed by atoms with Crippen LogP contribution >= 0.6 is 11.6 Å². The molecular weight excluding hydrogens is 394 g/mol. The number of fused-ring (bicyclic) bond motifs is 1. The van der Waals surface area contributed by atoms with Crippen molar-refractivity contribution in [2.75, 3.05) is 0 Å². The number of nitrogens with zero attached hydrogens (tertiary/aromatic N) is 2. The molecule has 0 saturated heterocycles. The van der Waals surface area contributed by atoms with Crippen molar-refractivity contribution in [2.24, 2.45) is 0 Å². The molecule has 0 aliphatic carbocycles. The minimum atomic E-state index is -1.03. The monoisotopic (exact) mass is 413 g/mol. The lowest BCUT2D eigenvalue weighted by Crippen LogP contribution is -2.24. The number of aryl methyl sites for hydroxylation is 1. The van der Waals surface area contributed by atoms with Gasteiger partial charge in [-0.1, -0.05) is 17.7 Å². The van der Waals surface area contributed by atoms with Crippen LogP contribution in [0.4, 0.5) is 0 Å². The predicted octanol–water partition coefficient (Wildman–Crippen LogP) is 3.96. The average Bonchev–Trinajstić information content (AvgIpc) is 3.14. The Morgan fingerprint density at radius 2 is 2.00 bits per heavy atom. The van der Waals surface area contributed by atoms with Crippen molar-refractivity contribution in [3.8, 4) is 0 Å². The molecule has 3 heterocycles. The van der Waals surface area contributed by atoms with Gasteiger partial charge in [0.25, 0.3) is 0 Å². The predicted molar refractivity (Wildman–Crippen MR) is 109 cm³/mol. The molecule has 0 fully saturated rings. The van der Waals surface area contributed by atoms with Gasteiger partial charge in [0, 0.05) is 23.5 Å².